The Hall–Kier alpha value is -2.77. The minimum Gasteiger partial charge on any atom is -0.507 e. The zero-order valence-electron chi connectivity index (χ0n) is 9.90. The van der Waals surface area contributed by atoms with Crippen molar-refractivity contribution in [1.82, 2.24) is 4.98 Å². The zero-order chi connectivity index (χ0) is 14.4. The molecule has 1 aromatic rings. The average Bonchev–Trinajstić information content (AvgIpc) is 2.37. The van der Waals surface area contributed by atoms with Gasteiger partial charge in [-0.15, -0.1) is 0 Å². The number of aliphatic hydroxyl groups excluding tert-OH is 1. The van der Waals surface area contributed by atoms with Gasteiger partial charge in [0.2, 0.25) is 0 Å². The summed E-state index contributed by atoms with van der Waals surface area (Å²) in [4.78, 5) is 35.3. The second-order valence-corrected chi connectivity index (χ2v) is 3.28. The number of carbonyl (C=O) groups is 2. The number of hydrogen-bond acceptors (Lipinski definition) is 7. The van der Waals surface area contributed by atoms with Gasteiger partial charge in [0.25, 0.3) is 5.69 Å². The molecule has 0 atom stereocenters. The van der Waals surface area contributed by atoms with Crippen LogP contribution in [0.1, 0.15) is 23.0 Å². The molecule has 0 aromatic carbocycles. The van der Waals surface area contributed by atoms with E-state index in [-0.39, 0.29) is 17.9 Å². The molecule has 1 aromatic heterocycles. The molecule has 0 spiro atoms. The van der Waals surface area contributed by atoms with Gasteiger partial charge in [0.05, 0.1) is 23.2 Å². The summed E-state index contributed by atoms with van der Waals surface area (Å²) in [5, 5.41) is 20.3. The molecule has 1 heterocycles. The van der Waals surface area contributed by atoms with Crippen molar-refractivity contribution in [3.05, 3.63) is 39.7 Å². The third kappa shape index (κ3) is 3.60. The van der Waals surface area contributed by atoms with Crippen LogP contribution in [0.5, 0.6) is 0 Å². The Labute approximate surface area is 107 Å². The van der Waals surface area contributed by atoms with E-state index in [1.165, 1.54) is 0 Å². The summed E-state index contributed by atoms with van der Waals surface area (Å²) in [6.45, 7) is 1.69. The number of nitrogens with zero attached hydrogens (tertiary/aromatic N) is 2. The second kappa shape index (κ2) is 6.24. The van der Waals surface area contributed by atoms with Crippen molar-refractivity contribution < 1.29 is 24.4 Å². The molecule has 0 saturated carbocycles. The molecule has 0 fully saturated rings. The normalized spacial score (nSPS) is 10.9. The quantitative estimate of drug-likeness (QED) is 0.213. The van der Waals surface area contributed by atoms with Gasteiger partial charge in [0.15, 0.2) is 6.29 Å². The summed E-state index contributed by atoms with van der Waals surface area (Å²) >= 11 is 0. The van der Waals surface area contributed by atoms with Crippen molar-refractivity contribution in [2.75, 3.05) is 6.61 Å². The summed E-state index contributed by atoms with van der Waals surface area (Å²) in [5.74, 6) is -1.46. The number of aliphatic hydroxyl groups is 1. The second-order valence-electron chi connectivity index (χ2n) is 3.28. The number of aldehydes is 1. The van der Waals surface area contributed by atoms with E-state index in [1.807, 2.05) is 0 Å². The van der Waals surface area contributed by atoms with Crippen molar-refractivity contribution in [3.63, 3.8) is 0 Å². The number of hydrogen-bond donors (Lipinski definition) is 1. The Morgan fingerprint density at radius 2 is 2.32 bits per heavy atom. The fraction of sp³-hybridized carbons (Fsp3) is 0.182. The van der Waals surface area contributed by atoms with Crippen molar-refractivity contribution >= 4 is 23.7 Å². The number of aromatic nitrogens is 1. The fourth-order valence-electron chi connectivity index (χ4n) is 1.24. The van der Waals surface area contributed by atoms with Crippen molar-refractivity contribution in [2.24, 2.45) is 0 Å². The van der Waals surface area contributed by atoms with E-state index in [0.717, 1.165) is 18.3 Å². The molecule has 1 rings (SSSR count). The molecule has 0 bridgehead atoms. The van der Waals surface area contributed by atoms with E-state index in [9.17, 15) is 24.8 Å². The number of rotatable bonds is 5. The Morgan fingerprint density at radius 3 is 2.84 bits per heavy atom. The highest BCUT2D eigenvalue weighted by Gasteiger charge is 2.15. The minimum absolute atomic E-state index is 0.107. The Morgan fingerprint density at radius 1 is 1.63 bits per heavy atom. The van der Waals surface area contributed by atoms with Crippen molar-refractivity contribution in [2.45, 2.75) is 6.92 Å². The molecular weight excluding hydrogens is 256 g/mol. The molecule has 0 radical (unpaired) electrons. The van der Waals surface area contributed by atoms with Crippen molar-refractivity contribution in [1.29, 1.82) is 0 Å². The first-order chi connectivity index (χ1) is 8.99. The van der Waals surface area contributed by atoms with Crippen LogP contribution in [-0.2, 0) is 9.53 Å². The average molecular weight is 266 g/mol. The molecule has 8 heteroatoms. The van der Waals surface area contributed by atoms with Gasteiger partial charge in [-0.2, -0.15) is 0 Å². The number of nitro groups is 1. The summed E-state index contributed by atoms with van der Waals surface area (Å²) in [6, 6.07) is 0.946. The predicted octanol–water partition coefficient (Wildman–Crippen LogP) is 1.26. The van der Waals surface area contributed by atoms with Crippen LogP contribution in [0.25, 0.3) is 5.76 Å². The smallest absolute Gasteiger partial charge is 0.334 e. The van der Waals surface area contributed by atoms with Crippen molar-refractivity contribution in [3.8, 4) is 0 Å². The van der Waals surface area contributed by atoms with E-state index in [1.54, 1.807) is 6.92 Å². The maximum Gasteiger partial charge on any atom is 0.334 e. The molecule has 0 amide bonds. The molecule has 0 aliphatic heterocycles. The maximum absolute atomic E-state index is 11.1. The SMILES string of the molecule is CCOC(=O)/C=C(\O)c1cc([N+](=O)[O-])cnc1C=O. The number of esters is 1. The van der Waals surface area contributed by atoms with Crippen LogP contribution in [0.3, 0.4) is 0 Å². The van der Waals surface area contributed by atoms with Gasteiger partial charge in [0, 0.05) is 6.07 Å². The topological polar surface area (TPSA) is 120 Å². The lowest BCUT2D eigenvalue weighted by Crippen LogP contribution is -2.03. The molecule has 0 unspecified atom stereocenters. The third-order valence-electron chi connectivity index (χ3n) is 2.04. The summed E-state index contributed by atoms with van der Waals surface area (Å²) in [6.07, 6.45) is 1.91. The first-order valence-electron chi connectivity index (χ1n) is 5.17. The van der Waals surface area contributed by atoms with Crippen LogP contribution in [0, 0.1) is 10.1 Å². The van der Waals surface area contributed by atoms with Crippen LogP contribution in [0.2, 0.25) is 0 Å². The van der Waals surface area contributed by atoms with E-state index in [0.29, 0.717) is 6.29 Å². The monoisotopic (exact) mass is 266 g/mol. The first-order valence-corrected chi connectivity index (χ1v) is 5.17. The van der Waals surface area contributed by atoms with E-state index in [2.05, 4.69) is 9.72 Å². The van der Waals surface area contributed by atoms with Crippen LogP contribution >= 0.6 is 0 Å². The lowest BCUT2D eigenvalue weighted by atomic mass is 10.1. The lowest BCUT2D eigenvalue weighted by molar-refractivity contribution is -0.385. The predicted molar refractivity (Wildman–Crippen MR) is 63.5 cm³/mol. The molecule has 0 saturated heterocycles. The van der Waals surface area contributed by atoms with Gasteiger partial charge in [0.1, 0.15) is 17.6 Å². The van der Waals surface area contributed by atoms with Gasteiger partial charge in [-0.25, -0.2) is 9.78 Å². The van der Waals surface area contributed by atoms with Gasteiger partial charge in [-0.1, -0.05) is 0 Å². The first kappa shape index (κ1) is 14.3. The summed E-state index contributed by atoms with van der Waals surface area (Å²) in [5.41, 5.74) is -0.842. The number of ether oxygens (including phenoxy) is 1. The summed E-state index contributed by atoms with van der Waals surface area (Å²) in [7, 11) is 0. The minimum atomic E-state index is -0.830. The van der Waals surface area contributed by atoms with E-state index in [4.69, 9.17) is 0 Å². The molecule has 100 valence electrons. The zero-order valence-corrected chi connectivity index (χ0v) is 9.90. The van der Waals surface area contributed by atoms with E-state index >= 15 is 0 Å². The standard InChI is InChI=1S/C11H10N2O6/c1-2-19-11(16)4-10(15)8-3-7(13(17)18)5-12-9(8)6-14/h3-6,15H,2H2,1H3/b10-4-. The highest BCUT2D eigenvalue weighted by Crippen LogP contribution is 2.20. The highest BCUT2D eigenvalue weighted by molar-refractivity contribution is 5.92. The summed E-state index contributed by atoms with van der Waals surface area (Å²) < 4.78 is 4.57. The Bertz CT molecular complexity index is 552. The van der Waals surface area contributed by atoms with Crippen LogP contribution in [0.15, 0.2) is 18.3 Å². The molecule has 0 aliphatic carbocycles. The largest absolute Gasteiger partial charge is 0.507 e. The fourth-order valence-corrected chi connectivity index (χ4v) is 1.24. The van der Waals surface area contributed by atoms with Crippen LogP contribution in [-0.4, -0.2) is 33.9 Å². The maximum atomic E-state index is 11.1. The molecular formula is C11H10N2O6. The molecule has 0 aliphatic rings. The van der Waals surface area contributed by atoms with Gasteiger partial charge >= 0.3 is 5.97 Å². The van der Waals surface area contributed by atoms with Gasteiger partial charge < -0.3 is 9.84 Å². The number of pyridine rings is 1. The number of carbonyl (C=O) groups excluding carboxylic acids is 2. The lowest BCUT2D eigenvalue weighted by Gasteiger charge is -2.03. The van der Waals surface area contributed by atoms with Gasteiger partial charge in [-0.05, 0) is 6.92 Å². The molecule has 1 N–H and O–H groups in total. The van der Waals surface area contributed by atoms with E-state index < -0.39 is 22.3 Å². The Kier molecular flexibility index (Phi) is 4.69. The van der Waals surface area contributed by atoms with Gasteiger partial charge in [-0.3, -0.25) is 14.9 Å². The van der Waals surface area contributed by atoms with Crippen LogP contribution in [0.4, 0.5) is 5.69 Å². The molecule has 19 heavy (non-hydrogen) atoms. The molecule has 8 nitrogen and oxygen atoms in total. The van der Waals surface area contributed by atoms with Crippen LogP contribution < -0.4 is 0 Å². The third-order valence-corrected chi connectivity index (χ3v) is 2.04. The Balaban J connectivity index is 3.23. The highest BCUT2D eigenvalue weighted by atomic mass is 16.6.